The zero-order valence-corrected chi connectivity index (χ0v) is 14.0. The van der Waals surface area contributed by atoms with E-state index < -0.39 is 4.92 Å². The summed E-state index contributed by atoms with van der Waals surface area (Å²) in [5.41, 5.74) is 2.02. The lowest BCUT2D eigenvalue weighted by Crippen LogP contribution is -2.44. The molecule has 1 fully saturated rings. The van der Waals surface area contributed by atoms with Gasteiger partial charge in [-0.15, -0.1) is 0 Å². The monoisotopic (exact) mass is 351 g/mol. The first-order valence-electron chi connectivity index (χ1n) is 8.09. The molecular formula is C18H17N5O3. The normalized spacial score (nSPS) is 14.6. The summed E-state index contributed by atoms with van der Waals surface area (Å²) >= 11 is 0. The molecule has 2 aromatic carbocycles. The van der Waals surface area contributed by atoms with Crippen molar-refractivity contribution in [2.75, 3.05) is 31.6 Å². The number of benzene rings is 2. The standard InChI is InChI=1S/C18H17N5O3/c19-13-14-1-3-15(4-2-14)20-18(22-9-11-26-12-10-22)21-16-5-7-17(8-6-16)23(24)25/h1-8H,9-12H2,(H,20,21). The van der Waals surface area contributed by atoms with Crippen LogP contribution in [0.25, 0.3) is 0 Å². The van der Waals surface area contributed by atoms with E-state index >= 15 is 0 Å². The van der Waals surface area contributed by atoms with Crippen molar-refractivity contribution in [2.24, 2.45) is 4.99 Å². The smallest absolute Gasteiger partial charge is 0.269 e. The predicted octanol–water partition coefficient (Wildman–Crippen LogP) is 2.90. The largest absolute Gasteiger partial charge is 0.378 e. The van der Waals surface area contributed by atoms with Crippen molar-refractivity contribution >= 4 is 23.0 Å². The summed E-state index contributed by atoms with van der Waals surface area (Å²) in [4.78, 5) is 17.0. The molecule has 1 aliphatic heterocycles. The molecule has 1 aliphatic rings. The Labute approximate surface area is 150 Å². The SMILES string of the molecule is N#Cc1ccc(NC(=Nc2ccc([N+](=O)[O-])cc2)N2CCOCC2)cc1. The third-order valence-electron chi connectivity index (χ3n) is 3.88. The number of non-ortho nitro benzene ring substituents is 1. The zero-order valence-electron chi connectivity index (χ0n) is 14.0. The molecule has 0 amide bonds. The number of nitro benzene ring substituents is 1. The maximum absolute atomic E-state index is 10.8. The van der Waals surface area contributed by atoms with E-state index in [0.717, 1.165) is 5.69 Å². The molecule has 0 aromatic heterocycles. The molecular weight excluding hydrogens is 334 g/mol. The fourth-order valence-corrected chi connectivity index (χ4v) is 2.48. The topological polar surface area (TPSA) is 104 Å². The van der Waals surface area contributed by atoms with Crippen molar-refractivity contribution in [1.82, 2.24) is 4.90 Å². The Kier molecular flexibility index (Phi) is 5.41. The van der Waals surface area contributed by atoms with Gasteiger partial charge >= 0.3 is 0 Å². The quantitative estimate of drug-likeness (QED) is 0.395. The molecule has 3 rings (SSSR count). The van der Waals surface area contributed by atoms with E-state index in [1.54, 1.807) is 24.3 Å². The molecule has 0 bridgehead atoms. The van der Waals surface area contributed by atoms with E-state index in [1.807, 2.05) is 12.1 Å². The minimum Gasteiger partial charge on any atom is -0.378 e. The summed E-state index contributed by atoms with van der Waals surface area (Å²) in [6.07, 6.45) is 0. The van der Waals surface area contributed by atoms with Gasteiger partial charge in [0.2, 0.25) is 5.96 Å². The van der Waals surface area contributed by atoms with Crippen molar-refractivity contribution in [3.8, 4) is 6.07 Å². The molecule has 1 heterocycles. The van der Waals surface area contributed by atoms with E-state index in [4.69, 9.17) is 10.00 Å². The van der Waals surface area contributed by atoms with Crippen LogP contribution in [0.5, 0.6) is 0 Å². The van der Waals surface area contributed by atoms with Gasteiger partial charge in [0.15, 0.2) is 0 Å². The number of guanidine groups is 1. The molecule has 132 valence electrons. The highest BCUT2D eigenvalue weighted by atomic mass is 16.6. The lowest BCUT2D eigenvalue weighted by molar-refractivity contribution is -0.384. The third kappa shape index (κ3) is 4.34. The van der Waals surface area contributed by atoms with Crippen LogP contribution in [0.1, 0.15) is 5.56 Å². The molecule has 0 aliphatic carbocycles. The van der Waals surface area contributed by atoms with Crippen LogP contribution in [-0.4, -0.2) is 42.1 Å². The van der Waals surface area contributed by atoms with Crippen LogP contribution in [0, 0.1) is 21.4 Å². The Morgan fingerprint density at radius 3 is 2.38 bits per heavy atom. The molecule has 0 radical (unpaired) electrons. The minimum atomic E-state index is -0.439. The number of anilines is 1. The predicted molar refractivity (Wildman–Crippen MR) is 97.4 cm³/mol. The summed E-state index contributed by atoms with van der Waals surface area (Å²) < 4.78 is 5.39. The van der Waals surface area contributed by atoms with Gasteiger partial charge < -0.3 is 15.0 Å². The third-order valence-corrected chi connectivity index (χ3v) is 3.88. The highest BCUT2D eigenvalue weighted by molar-refractivity contribution is 5.95. The second-order valence-electron chi connectivity index (χ2n) is 5.62. The van der Waals surface area contributed by atoms with Gasteiger partial charge in [0.25, 0.3) is 5.69 Å². The highest BCUT2D eigenvalue weighted by Crippen LogP contribution is 2.19. The lowest BCUT2D eigenvalue weighted by atomic mass is 10.2. The first-order valence-corrected chi connectivity index (χ1v) is 8.09. The van der Waals surface area contributed by atoms with Crippen molar-refractivity contribution in [1.29, 1.82) is 5.26 Å². The number of nitriles is 1. The Bertz CT molecular complexity index is 835. The lowest BCUT2D eigenvalue weighted by Gasteiger charge is -2.30. The number of rotatable bonds is 3. The van der Waals surface area contributed by atoms with Gasteiger partial charge in [0.05, 0.1) is 35.5 Å². The molecule has 0 atom stereocenters. The van der Waals surface area contributed by atoms with Crippen LogP contribution in [0.2, 0.25) is 0 Å². The van der Waals surface area contributed by atoms with Crippen molar-refractivity contribution in [3.63, 3.8) is 0 Å². The average Bonchev–Trinajstić information content (AvgIpc) is 2.69. The van der Waals surface area contributed by atoms with Crippen molar-refractivity contribution < 1.29 is 9.66 Å². The van der Waals surface area contributed by atoms with Crippen molar-refractivity contribution in [3.05, 3.63) is 64.2 Å². The molecule has 1 saturated heterocycles. The van der Waals surface area contributed by atoms with E-state index in [0.29, 0.717) is 43.5 Å². The van der Waals surface area contributed by atoms with Crippen molar-refractivity contribution in [2.45, 2.75) is 0 Å². The second kappa shape index (κ2) is 8.09. The summed E-state index contributed by atoms with van der Waals surface area (Å²) in [7, 11) is 0. The van der Waals surface area contributed by atoms with Crippen LogP contribution in [-0.2, 0) is 4.74 Å². The van der Waals surface area contributed by atoms with Gasteiger partial charge in [-0.2, -0.15) is 5.26 Å². The fourth-order valence-electron chi connectivity index (χ4n) is 2.48. The summed E-state index contributed by atoms with van der Waals surface area (Å²) in [5.74, 6) is 0.631. The molecule has 1 N–H and O–H groups in total. The summed E-state index contributed by atoms with van der Waals surface area (Å²) in [6, 6.07) is 15.2. The number of nitro groups is 1. The van der Waals surface area contributed by atoms with Gasteiger partial charge in [-0.05, 0) is 36.4 Å². The fraction of sp³-hybridized carbons (Fsp3) is 0.222. The number of hydrogen-bond donors (Lipinski definition) is 1. The number of aliphatic imine (C=N–C) groups is 1. The number of nitrogens with zero attached hydrogens (tertiary/aromatic N) is 4. The molecule has 0 saturated carbocycles. The Morgan fingerprint density at radius 2 is 1.81 bits per heavy atom. The van der Waals surface area contributed by atoms with Gasteiger partial charge in [-0.25, -0.2) is 4.99 Å². The maximum atomic E-state index is 10.8. The average molecular weight is 351 g/mol. The van der Waals surface area contributed by atoms with Gasteiger partial charge in [0.1, 0.15) is 0 Å². The number of hydrogen-bond acceptors (Lipinski definition) is 5. The van der Waals surface area contributed by atoms with E-state index in [9.17, 15) is 10.1 Å². The van der Waals surface area contributed by atoms with Crippen LogP contribution in [0.4, 0.5) is 17.1 Å². The second-order valence-corrected chi connectivity index (χ2v) is 5.62. The van der Waals surface area contributed by atoms with Crippen LogP contribution in [0.3, 0.4) is 0 Å². The van der Waals surface area contributed by atoms with Crippen LogP contribution in [0.15, 0.2) is 53.5 Å². The van der Waals surface area contributed by atoms with E-state index in [-0.39, 0.29) is 5.69 Å². The Balaban J connectivity index is 1.86. The molecule has 8 heteroatoms. The molecule has 2 aromatic rings. The highest BCUT2D eigenvalue weighted by Gasteiger charge is 2.16. The van der Waals surface area contributed by atoms with Gasteiger partial charge in [-0.3, -0.25) is 10.1 Å². The number of nitrogens with one attached hydrogen (secondary N) is 1. The summed E-state index contributed by atoms with van der Waals surface area (Å²) in [5, 5.41) is 23.0. The number of morpholine rings is 1. The molecule has 8 nitrogen and oxygen atoms in total. The molecule has 0 unspecified atom stereocenters. The van der Waals surface area contributed by atoms with E-state index in [1.165, 1.54) is 12.1 Å². The number of ether oxygens (including phenoxy) is 1. The molecule has 26 heavy (non-hydrogen) atoms. The zero-order chi connectivity index (χ0) is 18.4. The minimum absolute atomic E-state index is 0.0249. The maximum Gasteiger partial charge on any atom is 0.269 e. The Morgan fingerprint density at radius 1 is 1.15 bits per heavy atom. The van der Waals surface area contributed by atoms with Crippen LogP contribution < -0.4 is 5.32 Å². The van der Waals surface area contributed by atoms with Gasteiger partial charge in [-0.1, -0.05) is 0 Å². The van der Waals surface area contributed by atoms with Crippen LogP contribution >= 0.6 is 0 Å². The van der Waals surface area contributed by atoms with Gasteiger partial charge in [0, 0.05) is 30.9 Å². The first-order chi connectivity index (χ1) is 12.7. The first kappa shape index (κ1) is 17.4. The molecule has 0 spiro atoms. The van der Waals surface area contributed by atoms with E-state index in [2.05, 4.69) is 21.3 Å². The Hall–Kier alpha value is -3.44. The summed E-state index contributed by atoms with van der Waals surface area (Å²) in [6.45, 7) is 2.59.